The van der Waals surface area contributed by atoms with Gasteiger partial charge in [-0.05, 0) is 78.1 Å². The molecule has 0 heterocycles. The van der Waals surface area contributed by atoms with Crippen LogP contribution in [0.25, 0.3) is 0 Å². The van der Waals surface area contributed by atoms with Crippen molar-refractivity contribution in [3.8, 4) is 0 Å². The highest BCUT2D eigenvalue weighted by molar-refractivity contribution is 5.84. The van der Waals surface area contributed by atoms with Crippen molar-refractivity contribution in [2.24, 2.45) is 0 Å². The lowest BCUT2D eigenvalue weighted by atomic mass is 10.1. The lowest BCUT2D eigenvalue weighted by Crippen LogP contribution is -2.56. The Labute approximate surface area is 270 Å². The van der Waals surface area contributed by atoms with Crippen molar-refractivity contribution in [1.82, 2.24) is 0 Å². The van der Waals surface area contributed by atoms with Crippen molar-refractivity contribution in [2.45, 2.75) is 207 Å². The van der Waals surface area contributed by atoms with Crippen LogP contribution in [0.3, 0.4) is 0 Å². The molecule has 0 bridgehead atoms. The average Bonchev–Trinajstić information content (AvgIpc) is 3.01. The second-order valence-electron chi connectivity index (χ2n) is 13.1. The van der Waals surface area contributed by atoms with Crippen molar-refractivity contribution < 1.29 is 14.1 Å². The predicted molar refractivity (Wildman–Crippen MR) is 190 cm³/mol. The van der Waals surface area contributed by atoms with Crippen LogP contribution in [0.5, 0.6) is 0 Å². The van der Waals surface area contributed by atoms with E-state index in [1.807, 2.05) is 13.8 Å². The van der Waals surface area contributed by atoms with Gasteiger partial charge in [-0.15, -0.1) is 0 Å². The number of allylic oxidation sites excluding steroid dienone is 4. The molecule has 0 aromatic rings. The maximum Gasteiger partial charge on any atom is 0.321 e. The minimum Gasteiger partial charge on any atom is -0.230 e. The van der Waals surface area contributed by atoms with E-state index in [2.05, 4.69) is 38.2 Å². The number of nitrogens with zero attached hydrogens (tertiary/aromatic N) is 1. The van der Waals surface area contributed by atoms with Crippen molar-refractivity contribution in [2.75, 3.05) is 13.1 Å². The number of carbonyl (C=O) groups is 2. The standard InChI is InChI=1S/C40H76NO2/c1-5-9-11-13-15-17-19-21-23-25-27-29-31-33-35-37-39(42)41(7-3,8-4)40(43)38-36-34-32-30-28-26-24-22-20-18-16-14-12-10-6-2/h21-24H,5-20,25-38H2,1-4H3/q+1. The summed E-state index contributed by atoms with van der Waals surface area (Å²) in [6.07, 6.45) is 43.3. The van der Waals surface area contributed by atoms with E-state index in [0.717, 1.165) is 25.7 Å². The molecule has 0 aromatic carbocycles. The molecule has 0 aliphatic rings. The van der Waals surface area contributed by atoms with Crippen molar-refractivity contribution in [3.05, 3.63) is 24.3 Å². The second-order valence-corrected chi connectivity index (χ2v) is 13.1. The quantitative estimate of drug-likeness (QED) is 0.0436. The van der Waals surface area contributed by atoms with Crippen LogP contribution in [0.2, 0.25) is 0 Å². The maximum atomic E-state index is 13.2. The molecule has 0 N–H and O–H groups in total. The number of amides is 2. The number of rotatable bonds is 32. The van der Waals surface area contributed by atoms with E-state index in [4.69, 9.17) is 0 Å². The molecule has 0 spiro atoms. The van der Waals surface area contributed by atoms with Gasteiger partial charge in [0, 0.05) is 0 Å². The normalized spacial score (nSPS) is 12.2. The summed E-state index contributed by atoms with van der Waals surface area (Å²) in [5.41, 5.74) is 0. The molecular formula is C40H76NO2+. The Kier molecular flexibility index (Phi) is 31.3. The molecule has 0 aliphatic heterocycles. The summed E-state index contributed by atoms with van der Waals surface area (Å²) in [5, 5.41) is 0. The summed E-state index contributed by atoms with van der Waals surface area (Å²) in [6, 6.07) is 0. The lowest BCUT2D eigenvalue weighted by Gasteiger charge is -2.31. The summed E-state index contributed by atoms with van der Waals surface area (Å²) in [6.45, 7) is 9.77. The van der Waals surface area contributed by atoms with Gasteiger partial charge < -0.3 is 0 Å². The van der Waals surface area contributed by atoms with E-state index in [1.54, 1.807) is 0 Å². The Morgan fingerprint density at radius 3 is 0.907 bits per heavy atom. The van der Waals surface area contributed by atoms with Crippen LogP contribution in [-0.2, 0) is 9.59 Å². The predicted octanol–water partition coefficient (Wildman–Crippen LogP) is 13.0. The molecule has 0 atom stereocenters. The third kappa shape index (κ3) is 23.8. The summed E-state index contributed by atoms with van der Waals surface area (Å²) in [7, 11) is 0. The van der Waals surface area contributed by atoms with Crippen LogP contribution >= 0.6 is 0 Å². The highest BCUT2D eigenvalue weighted by Crippen LogP contribution is 2.19. The van der Waals surface area contributed by atoms with Crippen molar-refractivity contribution in [3.63, 3.8) is 0 Å². The molecule has 0 saturated carbocycles. The molecule has 0 rings (SSSR count). The number of hydrogen-bond donors (Lipinski definition) is 0. The van der Waals surface area contributed by atoms with Gasteiger partial charge in [0.2, 0.25) is 0 Å². The molecule has 0 aromatic heterocycles. The van der Waals surface area contributed by atoms with Gasteiger partial charge in [-0.25, -0.2) is 9.59 Å². The lowest BCUT2D eigenvalue weighted by molar-refractivity contribution is -0.776. The van der Waals surface area contributed by atoms with Crippen molar-refractivity contribution >= 4 is 11.8 Å². The largest absolute Gasteiger partial charge is 0.321 e. The van der Waals surface area contributed by atoms with Gasteiger partial charge in [0.15, 0.2) is 0 Å². The molecule has 0 radical (unpaired) electrons. The third-order valence-electron chi connectivity index (χ3n) is 9.34. The van der Waals surface area contributed by atoms with Gasteiger partial charge >= 0.3 is 11.8 Å². The zero-order valence-electron chi connectivity index (χ0n) is 29.8. The highest BCUT2D eigenvalue weighted by Gasteiger charge is 2.39. The minimum absolute atomic E-state index is 0.0623. The zero-order chi connectivity index (χ0) is 31.7. The van der Waals surface area contributed by atoms with Gasteiger partial charge in [0.25, 0.3) is 0 Å². The number of unbranched alkanes of at least 4 members (excludes halogenated alkanes) is 22. The Hall–Kier alpha value is -1.22. The number of hydrogen-bond acceptors (Lipinski definition) is 2. The summed E-state index contributed by atoms with van der Waals surface area (Å²) in [4.78, 5) is 26.4. The van der Waals surface area contributed by atoms with Crippen LogP contribution in [0.1, 0.15) is 207 Å². The smallest absolute Gasteiger partial charge is 0.230 e. The van der Waals surface area contributed by atoms with Crippen LogP contribution in [0.4, 0.5) is 0 Å². The topological polar surface area (TPSA) is 34.1 Å². The van der Waals surface area contributed by atoms with Crippen LogP contribution < -0.4 is 0 Å². The Morgan fingerprint density at radius 2 is 0.628 bits per heavy atom. The molecule has 3 heteroatoms. The first-order valence-electron chi connectivity index (χ1n) is 19.3. The van der Waals surface area contributed by atoms with E-state index < -0.39 is 0 Å². The SMILES string of the molecule is CCCCCCCCC=CCCCCCCCC(=O)[N+](CC)(CC)C(=O)CCCCCCCC=CCCCCCCCC. The van der Waals surface area contributed by atoms with Gasteiger partial charge in [0.1, 0.15) is 0 Å². The number of imide groups is 1. The van der Waals surface area contributed by atoms with Crippen LogP contribution in [0, 0.1) is 0 Å². The van der Waals surface area contributed by atoms with E-state index in [1.165, 1.54) is 141 Å². The fourth-order valence-corrected chi connectivity index (χ4v) is 6.19. The Balaban J connectivity index is 3.90. The van der Waals surface area contributed by atoms with Crippen molar-refractivity contribution in [1.29, 1.82) is 0 Å². The van der Waals surface area contributed by atoms with Gasteiger partial charge in [-0.3, -0.25) is 0 Å². The first-order chi connectivity index (χ1) is 21.1. The molecular weight excluding hydrogens is 526 g/mol. The first-order valence-corrected chi connectivity index (χ1v) is 19.3. The van der Waals surface area contributed by atoms with E-state index >= 15 is 0 Å². The maximum absolute atomic E-state index is 13.2. The molecule has 0 saturated heterocycles. The van der Waals surface area contributed by atoms with Gasteiger partial charge in [-0.1, -0.05) is 141 Å². The Morgan fingerprint density at radius 1 is 0.372 bits per heavy atom. The average molecular weight is 603 g/mol. The summed E-state index contributed by atoms with van der Waals surface area (Å²) >= 11 is 0. The van der Waals surface area contributed by atoms with E-state index in [9.17, 15) is 9.59 Å². The molecule has 3 nitrogen and oxygen atoms in total. The van der Waals surface area contributed by atoms with Crippen LogP contribution in [0.15, 0.2) is 24.3 Å². The van der Waals surface area contributed by atoms with E-state index in [-0.39, 0.29) is 16.3 Å². The zero-order valence-corrected chi connectivity index (χ0v) is 29.8. The molecule has 0 aliphatic carbocycles. The summed E-state index contributed by atoms with van der Waals surface area (Å²) < 4.78 is 0.0623. The van der Waals surface area contributed by atoms with Crippen LogP contribution in [-0.4, -0.2) is 29.4 Å². The fourth-order valence-electron chi connectivity index (χ4n) is 6.19. The molecule has 2 amide bonds. The highest BCUT2D eigenvalue weighted by atomic mass is 16.2. The fraction of sp³-hybridized carbons (Fsp3) is 0.850. The van der Waals surface area contributed by atoms with Gasteiger partial charge in [0.05, 0.1) is 25.9 Å². The Bertz CT molecular complexity index is 622. The monoisotopic (exact) mass is 603 g/mol. The molecule has 0 unspecified atom stereocenters. The summed E-state index contributed by atoms with van der Waals surface area (Å²) in [5.74, 6) is 0.306. The molecule has 252 valence electrons. The number of carbonyl (C=O) groups excluding carboxylic acids is 2. The molecule has 43 heavy (non-hydrogen) atoms. The van der Waals surface area contributed by atoms with E-state index in [0.29, 0.717) is 25.9 Å². The van der Waals surface area contributed by atoms with Gasteiger partial charge in [-0.2, -0.15) is 4.48 Å². The minimum atomic E-state index is 0.0623. The second kappa shape index (κ2) is 32.2. The first kappa shape index (κ1) is 41.8. The third-order valence-corrected chi connectivity index (χ3v) is 9.34. The number of quaternary nitrogens is 1. The molecule has 0 fully saturated rings.